The number of carboxylic acid groups (broad SMARTS) is 1. The van der Waals surface area contributed by atoms with Crippen LogP contribution in [0.2, 0.25) is 0 Å². The molecule has 0 radical (unpaired) electrons. The summed E-state index contributed by atoms with van der Waals surface area (Å²) < 4.78 is 28.9. The van der Waals surface area contributed by atoms with Crippen LogP contribution in [-0.4, -0.2) is 38.5 Å². The summed E-state index contributed by atoms with van der Waals surface area (Å²) in [6, 6.07) is 6.28. The van der Waals surface area contributed by atoms with Crippen molar-refractivity contribution < 1.29 is 23.1 Å². The number of carboxylic acids is 1. The van der Waals surface area contributed by atoms with Crippen molar-refractivity contribution in [1.82, 2.24) is 0 Å². The first kappa shape index (κ1) is 13.7. The third-order valence-electron chi connectivity index (χ3n) is 2.37. The van der Waals surface area contributed by atoms with E-state index in [1.807, 2.05) is 0 Å². The van der Waals surface area contributed by atoms with E-state index in [1.165, 1.54) is 13.2 Å². The Bertz CT molecular complexity index is 506. The molecule has 0 saturated carbocycles. The molecule has 0 fully saturated rings. The molecule has 0 aromatic heterocycles. The molecule has 1 rings (SSSR count). The van der Waals surface area contributed by atoms with Gasteiger partial charge in [-0.15, -0.1) is 0 Å². The zero-order valence-electron chi connectivity index (χ0n) is 9.58. The van der Waals surface area contributed by atoms with Gasteiger partial charge < -0.3 is 9.84 Å². The third kappa shape index (κ3) is 2.83. The summed E-state index contributed by atoms with van der Waals surface area (Å²) >= 11 is 0. The molecule has 17 heavy (non-hydrogen) atoms. The second-order valence-corrected chi connectivity index (χ2v) is 5.69. The monoisotopic (exact) mass is 258 g/mol. The highest BCUT2D eigenvalue weighted by molar-refractivity contribution is 7.92. The number of aryl methyl sites for hydroxylation is 1. The van der Waals surface area contributed by atoms with Gasteiger partial charge in [-0.25, -0.2) is 8.42 Å². The molecule has 0 bridgehead atoms. The fourth-order valence-electron chi connectivity index (χ4n) is 1.47. The molecule has 6 heteroatoms. The van der Waals surface area contributed by atoms with Crippen LogP contribution in [0.1, 0.15) is 5.56 Å². The minimum atomic E-state index is -3.92. The van der Waals surface area contributed by atoms with Gasteiger partial charge in [-0.05, 0) is 18.6 Å². The van der Waals surface area contributed by atoms with E-state index in [9.17, 15) is 13.2 Å². The minimum absolute atomic E-state index is 0.0319. The van der Waals surface area contributed by atoms with Gasteiger partial charge in [-0.2, -0.15) is 0 Å². The molecule has 94 valence electrons. The van der Waals surface area contributed by atoms with E-state index in [4.69, 9.17) is 5.11 Å². The molecule has 0 aliphatic carbocycles. The number of sulfone groups is 1. The first-order chi connectivity index (χ1) is 7.91. The lowest BCUT2D eigenvalue weighted by atomic mass is 10.2. The van der Waals surface area contributed by atoms with Crippen molar-refractivity contribution in [2.45, 2.75) is 17.1 Å². The average molecular weight is 258 g/mol. The van der Waals surface area contributed by atoms with Gasteiger partial charge in [0.2, 0.25) is 0 Å². The van der Waals surface area contributed by atoms with Crippen LogP contribution in [0.15, 0.2) is 29.2 Å². The molecule has 0 saturated heterocycles. The Balaban J connectivity index is 3.27. The number of aliphatic carboxylic acids is 1. The van der Waals surface area contributed by atoms with E-state index in [-0.39, 0.29) is 11.5 Å². The number of rotatable bonds is 5. The van der Waals surface area contributed by atoms with Gasteiger partial charge in [0.1, 0.15) is 0 Å². The van der Waals surface area contributed by atoms with Crippen molar-refractivity contribution in [2.24, 2.45) is 0 Å². The van der Waals surface area contributed by atoms with Crippen molar-refractivity contribution in [3.05, 3.63) is 29.8 Å². The molecule has 0 aliphatic rings. The summed E-state index contributed by atoms with van der Waals surface area (Å²) in [5.74, 6) is -1.41. The standard InChI is InChI=1S/C11H14O5S/c1-8-5-3-4-6-9(8)17(14,15)10(7-16-2)11(12)13/h3-6,10H,7H2,1-2H3,(H,12,13). The topological polar surface area (TPSA) is 80.7 Å². The van der Waals surface area contributed by atoms with Crippen LogP contribution in [0.5, 0.6) is 0 Å². The Kier molecular flexibility index (Phi) is 4.25. The molecule has 0 spiro atoms. The quantitative estimate of drug-likeness (QED) is 0.847. The van der Waals surface area contributed by atoms with E-state index in [1.54, 1.807) is 25.1 Å². The van der Waals surface area contributed by atoms with E-state index >= 15 is 0 Å². The lowest BCUT2D eigenvalue weighted by Gasteiger charge is -2.14. The second kappa shape index (κ2) is 5.29. The summed E-state index contributed by atoms with van der Waals surface area (Å²) in [6.45, 7) is 1.25. The Labute approximate surface area is 100.0 Å². The molecule has 1 aromatic rings. The van der Waals surface area contributed by atoms with E-state index in [0.29, 0.717) is 5.56 Å². The van der Waals surface area contributed by atoms with Crippen molar-refractivity contribution in [3.63, 3.8) is 0 Å². The number of carbonyl (C=O) groups is 1. The van der Waals surface area contributed by atoms with Gasteiger partial charge in [0, 0.05) is 7.11 Å². The Morgan fingerprint density at radius 3 is 2.47 bits per heavy atom. The van der Waals surface area contributed by atoms with E-state index in [2.05, 4.69) is 4.74 Å². The molecule has 1 N–H and O–H groups in total. The van der Waals surface area contributed by atoms with Crippen molar-refractivity contribution in [2.75, 3.05) is 13.7 Å². The normalized spacial score (nSPS) is 13.3. The highest BCUT2D eigenvalue weighted by Gasteiger charge is 2.34. The highest BCUT2D eigenvalue weighted by atomic mass is 32.2. The maximum atomic E-state index is 12.1. The Morgan fingerprint density at radius 2 is 2.00 bits per heavy atom. The van der Waals surface area contributed by atoms with Crippen LogP contribution in [0.25, 0.3) is 0 Å². The molecule has 0 amide bonds. The molecule has 1 aromatic carbocycles. The van der Waals surface area contributed by atoms with Crippen molar-refractivity contribution in [3.8, 4) is 0 Å². The Hall–Kier alpha value is -1.40. The van der Waals surface area contributed by atoms with Gasteiger partial charge in [0.15, 0.2) is 15.1 Å². The van der Waals surface area contributed by atoms with Gasteiger partial charge in [0.25, 0.3) is 0 Å². The first-order valence-electron chi connectivity index (χ1n) is 4.92. The fraction of sp³-hybridized carbons (Fsp3) is 0.364. The molecule has 1 atom stereocenters. The van der Waals surface area contributed by atoms with Gasteiger partial charge in [-0.1, -0.05) is 18.2 Å². The predicted molar refractivity (Wildman–Crippen MR) is 61.7 cm³/mol. The molecule has 5 nitrogen and oxygen atoms in total. The maximum absolute atomic E-state index is 12.1. The molecule has 1 unspecified atom stereocenters. The van der Waals surface area contributed by atoms with Crippen LogP contribution in [0.4, 0.5) is 0 Å². The number of ether oxygens (including phenoxy) is 1. The van der Waals surface area contributed by atoms with Crippen LogP contribution < -0.4 is 0 Å². The third-order valence-corrected chi connectivity index (χ3v) is 4.53. The largest absolute Gasteiger partial charge is 0.480 e. The van der Waals surface area contributed by atoms with Crippen LogP contribution in [0, 0.1) is 6.92 Å². The zero-order valence-corrected chi connectivity index (χ0v) is 10.4. The van der Waals surface area contributed by atoms with Crippen LogP contribution in [0.3, 0.4) is 0 Å². The van der Waals surface area contributed by atoms with Crippen molar-refractivity contribution >= 4 is 15.8 Å². The molecule has 0 heterocycles. The number of hydrogen-bond donors (Lipinski definition) is 1. The van der Waals surface area contributed by atoms with E-state index < -0.39 is 21.1 Å². The summed E-state index contributed by atoms with van der Waals surface area (Å²) in [4.78, 5) is 11.0. The first-order valence-corrected chi connectivity index (χ1v) is 6.47. The van der Waals surface area contributed by atoms with E-state index in [0.717, 1.165) is 0 Å². The lowest BCUT2D eigenvalue weighted by Crippen LogP contribution is -2.34. The highest BCUT2D eigenvalue weighted by Crippen LogP contribution is 2.20. The minimum Gasteiger partial charge on any atom is -0.480 e. The molecule has 0 aliphatic heterocycles. The van der Waals surface area contributed by atoms with Gasteiger partial charge >= 0.3 is 5.97 Å². The molecular weight excluding hydrogens is 244 g/mol. The zero-order chi connectivity index (χ0) is 13.1. The predicted octanol–water partition coefficient (Wildman–Crippen LogP) is 0.868. The van der Waals surface area contributed by atoms with Crippen LogP contribution >= 0.6 is 0 Å². The Morgan fingerprint density at radius 1 is 1.41 bits per heavy atom. The summed E-state index contributed by atoms with van der Waals surface area (Å²) in [7, 11) is -2.65. The van der Waals surface area contributed by atoms with Crippen LogP contribution in [-0.2, 0) is 19.4 Å². The number of hydrogen-bond acceptors (Lipinski definition) is 4. The van der Waals surface area contributed by atoms with Gasteiger partial charge in [0.05, 0.1) is 11.5 Å². The maximum Gasteiger partial charge on any atom is 0.324 e. The average Bonchev–Trinajstić information content (AvgIpc) is 2.25. The molecular formula is C11H14O5S. The smallest absolute Gasteiger partial charge is 0.324 e. The van der Waals surface area contributed by atoms with Gasteiger partial charge in [-0.3, -0.25) is 4.79 Å². The number of benzene rings is 1. The SMILES string of the molecule is COCC(C(=O)O)S(=O)(=O)c1ccccc1C. The summed E-state index contributed by atoms with van der Waals surface area (Å²) in [5, 5.41) is 7.36. The summed E-state index contributed by atoms with van der Waals surface area (Å²) in [6.07, 6.45) is 0. The lowest BCUT2D eigenvalue weighted by molar-refractivity contribution is -0.137. The fourth-order valence-corrected chi connectivity index (χ4v) is 3.15. The number of methoxy groups -OCH3 is 1. The summed E-state index contributed by atoms with van der Waals surface area (Å²) in [5.41, 5.74) is 0.523. The van der Waals surface area contributed by atoms with Crippen molar-refractivity contribution in [1.29, 1.82) is 0 Å². The second-order valence-electron chi connectivity index (χ2n) is 3.59.